The van der Waals surface area contributed by atoms with Gasteiger partial charge in [0.25, 0.3) is 0 Å². The number of nitrogens with one attached hydrogen (secondary N) is 1. The van der Waals surface area contributed by atoms with Crippen LogP contribution >= 0.6 is 23.2 Å². The summed E-state index contributed by atoms with van der Waals surface area (Å²) in [7, 11) is -3.99. The molecule has 3 aromatic rings. The van der Waals surface area contributed by atoms with Crippen LogP contribution in [0.15, 0.2) is 72.8 Å². The van der Waals surface area contributed by atoms with Gasteiger partial charge in [-0.2, -0.15) is 13.2 Å². The molecule has 3 aromatic carbocycles. The summed E-state index contributed by atoms with van der Waals surface area (Å²) in [4.78, 5) is 28.9. The number of amides is 2. The maximum atomic E-state index is 13.9. The molecule has 0 aliphatic rings. The first-order chi connectivity index (χ1) is 21.2. The fourth-order valence-electron chi connectivity index (χ4n) is 4.73. The van der Waals surface area contributed by atoms with Crippen LogP contribution in [0.4, 0.5) is 18.9 Å². The molecule has 0 unspecified atom stereocenters. The van der Waals surface area contributed by atoms with Crippen LogP contribution in [0.1, 0.15) is 49.3 Å². The van der Waals surface area contributed by atoms with E-state index < -0.39 is 33.7 Å². The van der Waals surface area contributed by atoms with Gasteiger partial charge in [0.1, 0.15) is 6.04 Å². The van der Waals surface area contributed by atoms with Gasteiger partial charge in [0, 0.05) is 42.5 Å². The van der Waals surface area contributed by atoms with Gasteiger partial charge in [0.05, 0.1) is 17.5 Å². The van der Waals surface area contributed by atoms with Gasteiger partial charge in [-0.25, -0.2) is 8.42 Å². The van der Waals surface area contributed by atoms with Crippen LogP contribution in [0.5, 0.6) is 0 Å². The molecular weight excluding hydrogens is 650 g/mol. The fourth-order valence-corrected chi connectivity index (χ4v) is 6.16. The first-order valence-corrected chi connectivity index (χ1v) is 17.0. The number of anilines is 1. The number of hydrogen-bond acceptors (Lipinski definition) is 4. The number of nitrogens with zero attached hydrogens (tertiary/aromatic N) is 2. The molecule has 0 aliphatic carbocycles. The van der Waals surface area contributed by atoms with Crippen molar-refractivity contribution < 1.29 is 31.2 Å². The number of carbonyl (C=O) groups is 2. The van der Waals surface area contributed by atoms with Crippen LogP contribution in [-0.4, -0.2) is 50.5 Å². The molecule has 0 aliphatic heterocycles. The molecule has 0 heterocycles. The van der Waals surface area contributed by atoms with Crippen molar-refractivity contribution in [2.24, 2.45) is 0 Å². The number of unbranched alkanes of at least 4 members (excludes halogenated alkanes) is 1. The molecule has 2 amide bonds. The molecule has 0 saturated carbocycles. The predicted molar refractivity (Wildman–Crippen MR) is 172 cm³/mol. The third-order valence-electron chi connectivity index (χ3n) is 7.07. The highest BCUT2D eigenvalue weighted by molar-refractivity contribution is 7.92. The molecular formula is C32H36Cl2F3N3O4S. The van der Waals surface area contributed by atoms with E-state index in [1.54, 1.807) is 12.1 Å². The lowest BCUT2D eigenvalue weighted by molar-refractivity contribution is -0.141. The van der Waals surface area contributed by atoms with E-state index in [0.29, 0.717) is 22.2 Å². The molecule has 13 heteroatoms. The SMILES string of the molecule is CCCCNC(=O)[C@@H](Cc1ccccc1)N(Cc1ccc(Cl)cc1Cl)C(=O)CCCN(c1cccc(C(F)(F)F)c1)S(C)(=O)=O. The van der Waals surface area contributed by atoms with Gasteiger partial charge >= 0.3 is 6.18 Å². The van der Waals surface area contributed by atoms with E-state index in [1.165, 1.54) is 17.0 Å². The largest absolute Gasteiger partial charge is 0.416 e. The minimum Gasteiger partial charge on any atom is -0.354 e. The Morgan fingerprint density at radius 3 is 2.29 bits per heavy atom. The van der Waals surface area contributed by atoms with Gasteiger partial charge in [-0.15, -0.1) is 0 Å². The van der Waals surface area contributed by atoms with Gasteiger partial charge in [-0.1, -0.05) is 79.0 Å². The van der Waals surface area contributed by atoms with Crippen LogP contribution in [0.3, 0.4) is 0 Å². The molecule has 0 radical (unpaired) electrons. The number of sulfonamides is 1. The minimum absolute atomic E-state index is 0.0253. The van der Waals surface area contributed by atoms with Crippen molar-refractivity contribution in [2.75, 3.05) is 23.7 Å². The fraction of sp³-hybridized carbons (Fsp3) is 0.375. The third-order valence-corrected chi connectivity index (χ3v) is 8.85. The Bertz CT molecular complexity index is 1560. The summed E-state index contributed by atoms with van der Waals surface area (Å²) < 4.78 is 66.0. The summed E-state index contributed by atoms with van der Waals surface area (Å²) in [6.45, 7) is 2.13. The van der Waals surface area contributed by atoms with E-state index in [-0.39, 0.29) is 43.9 Å². The topological polar surface area (TPSA) is 86.8 Å². The molecule has 1 N–H and O–H groups in total. The van der Waals surface area contributed by atoms with Gasteiger partial charge < -0.3 is 10.2 Å². The second-order valence-electron chi connectivity index (χ2n) is 10.6. The average molecular weight is 687 g/mol. The van der Waals surface area contributed by atoms with Crippen molar-refractivity contribution in [1.29, 1.82) is 0 Å². The molecule has 0 aromatic heterocycles. The molecule has 244 valence electrons. The van der Waals surface area contributed by atoms with E-state index in [4.69, 9.17) is 23.2 Å². The Balaban J connectivity index is 1.91. The van der Waals surface area contributed by atoms with Gasteiger partial charge in [0.2, 0.25) is 21.8 Å². The lowest BCUT2D eigenvalue weighted by Gasteiger charge is -2.32. The molecule has 0 fully saturated rings. The summed E-state index contributed by atoms with van der Waals surface area (Å²) in [5.74, 6) is -0.808. The molecule has 0 spiro atoms. The second-order valence-corrected chi connectivity index (χ2v) is 13.3. The number of carbonyl (C=O) groups excluding carboxylic acids is 2. The van der Waals surface area contributed by atoms with Crippen LogP contribution in [-0.2, 0) is 38.8 Å². The monoisotopic (exact) mass is 685 g/mol. The summed E-state index contributed by atoms with van der Waals surface area (Å²) >= 11 is 12.5. The number of hydrogen-bond donors (Lipinski definition) is 1. The van der Waals surface area contributed by atoms with Crippen molar-refractivity contribution in [1.82, 2.24) is 10.2 Å². The number of alkyl halides is 3. The summed E-state index contributed by atoms with van der Waals surface area (Å²) in [6, 6.07) is 17.1. The van der Waals surface area contributed by atoms with Crippen molar-refractivity contribution >= 4 is 50.7 Å². The van der Waals surface area contributed by atoms with Crippen LogP contribution in [0, 0.1) is 0 Å². The quantitative estimate of drug-likeness (QED) is 0.173. The van der Waals surface area contributed by atoms with E-state index in [1.807, 2.05) is 37.3 Å². The molecule has 0 saturated heterocycles. The van der Waals surface area contributed by atoms with E-state index in [2.05, 4.69) is 5.32 Å². The zero-order valence-electron chi connectivity index (χ0n) is 25.0. The van der Waals surface area contributed by atoms with Crippen molar-refractivity contribution in [3.63, 3.8) is 0 Å². The van der Waals surface area contributed by atoms with Crippen molar-refractivity contribution in [3.8, 4) is 0 Å². The lowest BCUT2D eigenvalue weighted by atomic mass is 10.0. The van der Waals surface area contributed by atoms with Crippen LogP contribution in [0.25, 0.3) is 0 Å². The van der Waals surface area contributed by atoms with Crippen LogP contribution in [0.2, 0.25) is 10.0 Å². The standard InChI is InChI=1S/C32H36Cl2F3N3O4S/c1-3-4-17-38-31(42)29(19-23-10-6-5-7-11-23)39(22-24-15-16-26(33)21-28(24)34)30(41)14-9-18-40(45(2,43)44)27-13-8-12-25(20-27)32(35,36)37/h5-8,10-13,15-16,20-21,29H,3-4,9,14,17-19,22H2,1-2H3,(H,38,42)/t29-/m1/s1. The average Bonchev–Trinajstić information content (AvgIpc) is 2.97. The third kappa shape index (κ3) is 10.9. The summed E-state index contributed by atoms with van der Waals surface area (Å²) in [5, 5.41) is 3.62. The zero-order chi connectivity index (χ0) is 33.2. The first-order valence-electron chi connectivity index (χ1n) is 14.4. The molecule has 3 rings (SSSR count). The Kier molecular flexibility index (Phi) is 13.1. The lowest BCUT2D eigenvalue weighted by Crippen LogP contribution is -2.50. The Hall–Kier alpha value is -3.28. The van der Waals surface area contributed by atoms with E-state index in [0.717, 1.165) is 47.2 Å². The Morgan fingerprint density at radius 2 is 1.67 bits per heavy atom. The van der Waals surface area contributed by atoms with Gasteiger partial charge in [-0.05, 0) is 54.3 Å². The normalized spacial score (nSPS) is 12.4. The number of halogens is 5. The highest BCUT2D eigenvalue weighted by atomic mass is 35.5. The predicted octanol–water partition coefficient (Wildman–Crippen LogP) is 7.11. The number of benzene rings is 3. The van der Waals surface area contributed by atoms with E-state index in [9.17, 15) is 31.2 Å². The summed E-state index contributed by atoms with van der Waals surface area (Å²) in [6.07, 6.45) is -2.18. The minimum atomic E-state index is -4.66. The molecule has 0 bridgehead atoms. The summed E-state index contributed by atoms with van der Waals surface area (Å²) in [5.41, 5.74) is 0.215. The smallest absolute Gasteiger partial charge is 0.354 e. The Labute approximate surface area is 272 Å². The molecule has 7 nitrogen and oxygen atoms in total. The maximum absolute atomic E-state index is 13.9. The van der Waals surface area contributed by atoms with Crippen molar-refractivity contribution in [2.45, 2.75) is 57.8 Å². The van der Waals surface area contributed by atoms with Gasteiger partial charge in [-0.3, -0.25) is 13.9 Å². The molecule has 45 heavy (non-hydrogen) atoms. The first kappa shape index (κ1) is 36.2. The van der Waals surface area contributed by atoms with E-state index >= 15 is 0 Å². The number of rotatable bonds is 15. The van der Waals surface area contributed by atoms with Crippen molar-refractivity contribution in [3.05, 3.63) is 99.5 Å². The Morgan fingerprint density at radius 1 is 0.956 bits per heavy atom. The second kappa shape index (κ2) is 16.3. The van der Waals surface area contributed by atoms with Crippen LogP contribution < -0.4 is 9.62 Å². The zero-order valence-corrected chi connectivity index (χ0v) is 27.3. The highest BCUT2D eigenvalue weighted by Gasteiger charge is 2.33. The highest BCUT2D eigenvalue weighted by Crippen LogP contribution is 2.32. The molecule has 1 atom stereocenters. The maximum Gasteiger partial charge on any atom is 0.416 e. The van der Waals surface area contributed by atoms with Gasteiger partial charge in [0.15, 0.2) is 0 Å².